The summed E-state index contributed by atoms with van der Waals surface area (Å²) >= 11 is 0. The van der Waals surface area contributed by atoms with Crippen LogP contribution in [-0.4, -0.2) is 44.9 Å². The summed E-state index contributed by atoms with van der Waals surface area (Å²) in [6, 6.07) is 17.3. The van der Waals surface area contributed by atoms with E-state index in [0.29, 0.717) is 42.1 Å². The third-order valence-corrected chi connectivity index (χ3v) is 6.03. The maximum atomic E-state index is 11.8. The molecule has 2 atom stereocenters. The number of carbonyl (C=O) groups excluding carboxylic acids is 1. The Hall–Kier alpha value is -3.98. The average molecular weight is 473 g/mol. The van der Waals surface area contributed by atoms with Crippen LogP contribution in [0.4, 0.5) is 5.82 Å². The van der Waals surface area contributed by atoms with E-state index >= 15 is 0 Å². The number of anilines is 1. The van der Waals surface area contributed by atoms with Crippen LogP contribution in [0.25, 0.3) is 22.3 Å². The van der Waals surface area contributed by atoms with Crippen molar-refractivity contribution in [3.05, 3.63) is 60.9 Å². The second-order valence-corrected chi connectivity index (χ2v) is 8.59. The number of benzene rings is 2. The number of ether oxygens (including phenoxy) is 2. The lowest BCUT2D eigenvalue weighted by molar-refractivity contribution is -0.121. The smallest absolute Gasteiger partial charge is 0.220 e. The summed E-state index contributed by atoms with van der Waals surface area (Å²) in [6.07, 6.45) is 3.44. The quantitative estimate of drug-likeness (QED) is 0.396. The van der Waals surface area contributed by atoms with Crippen molar-refractivity contribution < 1.29 is 14.3 Å². The van der Waals surface area contributed by atoms with E-state index in [1.54, 1.807) is 0 Å². The summed E-state index contributed by atoms with van der Waals surface area (Å²) in [4.78, 5) is 20.5. The first-order chi connectivity index (χ1) is 17.1. The molecule has 180 valence electrons. The Morgan fingerprint density at radius 3 is 2.69 bits per heavy atom. The van der Waals surface area contributed by atoms with E-state index in [-0.39, 0.29) is 18.1 Å². The van der Waals surface area contributed by atoms with Crippen LogP contribution in [0.5, 0.6) is 11.5 Å². The van der Waals surface area contributed by atoms with E-state index in [1.165, 1.54) is 6.33 Å². The van der Waals surface area contributed by atoms with Crippen molar-refractivity contribution in [2.75, 3.05) is 18.9 Å². The SMILES string of the molecule is CCCC(=O)NCC1CC(n2nc(-c3ccc(Oc4ccccc4)cc3)c3c(N)ncnc32)CO1. The van der Waals surface area contributed by atoms with Gasteiger partial charge in [0.15, 0.2) is 5.65 Å². The largest absolute Gasteiger partial charge is 0.457 e. The van der Waals surface area contributed by atoms with E-state index < -0.39 is 0 Å². The number of nitrogens with zero attached hydrogens (tertiary/aromatic N) is 4. The number of hydrogen-bond acceptors (Lipinski definition) is 7. The fourth-order valence-corrected chi connectivity index (χ4v) is 4.30. The molecule has 3 N–H and O–H groups in total. The third-order valence-electron chi connectivity index (χ3n) is 6.03. The van der Waals surface area contributed by atoms with Gasteiger partial charge < -0.3 is 20.5 Å². The zero-order valence-corrected chi connectivity index (χ0v) is 19.6. The molecule has 1 amide bonds. The lowest BCUT2D eigenvalue weighted by Crippen LogP contribution is -2.31. The van der Waals surface area contributed by atoms with Crippen molar-refractivity contribution >= 4 is 22.8 Å². The van der Waals surface area contributed by atoms with Crippen molar-refractivity contribution in [1.82, 2.24) is 25.1 Å². The van der Waals surface area contributed by atoms with E-state index in [1.807, 2.05) is 66.2 Å². The zero-order chi connectivity index (χ0) is 24.2. The van der Waals surface area contributed by atoms with Crippen molar-refractivity contribution in [3.63, 3.8) is 0 Å². The molecule has 9 nitrogen and oxygen atoms in total. The number of nitrogens with two attached hydrogens (primary N) is 1. The number of hydrogen-bond donors (Lipinski definition) is 2. The maximum absolute atomic E-state index is 11.8. The van der Waals surface area contributed by atoms with Gasteiger partial charge in [0, 0.05) is 24.9 Å². The van der Waals surface area contributed by atoms with Gasteiger partial charge in [-0.3, -0.25) is 4.79 Å². The van der Waals surface area contributed by atoms with Crippen LogP contribution in [0.2, 0.25) is 0 Å². The summed E-state index contributed by atoms with van der Waals surface area (Å²) in [5.74, 6) is 1.93. The Morgan fingerprint density at radius 2 is 1.91 bits per heavy atom. The number of nitrogens with one attached hydrogen (secondary N) is 1. The second-order valence-electron chi connectivity index (χ2n) is 8.59. The normalized spacial score (nSPS) is 17.5. The zero-order valence-electron chi connectivity index (χ0n) is 19.6. The molecule has 1 fully saturated rings. The topological polar surface area (TPSA) is 117 Å². The predicted octanol–water partition coefficient (Wildman–Crippen LogP) is 4.11. The van der Waals surface area contributed by atoms with Crippen LogP contribution < -0.4 is 15.8 Å². The highest BCUT2D eigenvalue weighted by molar-refractivity contribution is 5.98. The lowest BCUT2D eigenvalue weighted by Gasteiger charge is -2.11. The molecule has 3 heterocycles. The molecule has 2 aromatic carbocycles. The average Bonchev–Trinajstić information content (AvgIpc) is 3.50. The van der Waals surface area contributed by atoms with Crippen LogP contribution in [-0.2, 0) is 9.53 Å². The van der Waals surface area contributed by atoms with Gasteiger partial charge >= 0.3 is 0 Å². The van der Waals surface area contributed by atoms with Crippen molar-refractivity contribution in [2.45, 2.75) is 38.3 Å². The molecule has 0 spiro atoms. The summed E-state index contributed by atoms with van der Waals surface area (Å²) in [5, 5.41) is 8.56. The Morgan fingerprint density at radius 1 is 1.14 bits per heavy atom. The van der Waals surface area contributed by atoms with Crippen molar-refractivity contribution in [3.8, 4) is 22.8 Å². The van der Waals surface area contributed by atoms with Gasteiger partial charge in [0.05, 0.1) is 24.1 Å². The lowest BCUT2D eigenvalue weighted by atomic mass is 10.1. The molecule has 9 heteroatoms. The monoisotopic (exact) mass is 472 g/mol. The van der Waals surface area contributed by atoms with Crippen LogP contribution >= 0.6 is 0 Å². The Labute approximate surface area is 203 Å². The molecule has 35 heavy (non-hydrogen) atoms. The minimum Gasteiger partial charge on any atom is -0.457 e. The molecular weight excluding hydrogens is 444 g/mol. The minimum atomic E-state index is -0.0721. The molecule has 1 aliphatic heterocycles. The first-order valence-corrected chi connectivity index (χ1v) is 11.8. The van der Waals surface area contributed by atoms with Crippen LogP contribution in [0, 0.1) is 0 Å². The highest BCUT2D eigenvalue weighted by Crippen LogP contribution is 2.35. The number of fused-ring (bicyclic) bond motifs is 1. The second kappa shape index (κ2) is 10.1. The van der Waals surface area contributed by atoms with Gasteiger partial charge in [-0.15, -0.1) is 0 Å². The van der Waals surface area contributed by atoms with Crippen molar-refractivity contribution in [1.29, 1.82) is 0 Å². The fraction of sp³-hybridized carbons (Fsp3) is 0.308. The number of para-hydroxylation sites is 1. The number of nitrogen functional groups attached to an aromatic ring is 1. The standard InChI is InChI=1S/C26H28N6O3/c1-2-6-22(33)28-14-21-13-18(15-34-21)32-26-23(25(27)29-16-30-26)24(31-32)17-9-11-20(12-10-17)35-19-7-4-3-5-8-19/h3-5,7-12,16,18,21H,2,6,13-15H2,1H3,(H,28,33)(H2,27,29,30). The van der Waals surface area contributed by atoms with Crippen LogP contribution in [0.1, 0.15) is 32.2 Å². The number of carbonyl (C=O) groups is 1. The Balaban J connectivity index is 1.38. The molecule has 5 rings (SSSR count). The van der Waals surface area contributed by atoms with Crippen LogP contribution in [0.3, 0.4) is 0 Å². The third kappa shape index (κ3) is 4.95. The highest BCUT2D eigenvalue weighted by Gasteiger charge is 2.30. The van der Waals surface area contributed by atoms with Gasteiger partial charge in [0.25, 0.3) is 0 Å². The van der Waals surface area contributed by atoms with Crippen LogP contribution in [0.15, 0.2) is 60.9 Å². The highest BCUT2D eigenvalue weighted by atomic mass is 16.5. The fourth-order valence-electron chi connectivity index (χ4n) is 4.30. The predicted molar refractivity (Wildman–Crippen MR) is 133 cm³/mol. The van der Waals surface area contributed by atoms with E-state index in [9.17, 15) is 4.79 Å². The summed E-state index contributed by atoms with van der Waals surface area (Å²) < 4.78 is 13.7. The van der Waals surface area contributed by atoms with E-state index in [4.69, 9.17) is 20.3 Å². The maximum Gasteiger partial charge on any atom is 0.220 e. The van der Waals surface area contributed by atoms with E-state index in [0.717, 1.165) is 29.9 Å². The molecule has 1 saturated heterocycles. The molecule has 2 unspecified atom stereocenters. The summed E-state index contributed by atoms with van der Waals surface area (Å²) in [7, 11) is 0. The summed E-state index contributed by atoms with van der Waals surface area (Å²) in [5.41, 5.74) is 8.53. The molecule has 0 saturated carbocycles. The van der Waals surface area contributed by atoms with Gasteiger partial charge in [-0.2, -0.15) is 5.10 Å². The van der Waals surface area contributed by atoms with Gasteiger partial charge in [0.2, 0.25) is 5.91 Å². The Bertz CT molecular complexity index is 1310. The molecule has 0 bridgehead atoms. The number of rotatable bonds is 8. The number of aromatic nitrogens is 4. The molecule has 0 radical (unpaired) electrons. The van der Waals surface area contributed by atoms with Gasteiger partial charge in [0.1, 0.15) is 29.3 Å². The van der Waals surface area contributed by atoms with Gasteiger partial charge in [-0.1, -0.05) is 25.1 Å². The Kier molecular flexibility index (Phi) is 6.58. The van der Waals surface area contributed by atoms with Gasteiger partial charge in [-0.25, -0.2) is 14.6 Å². The molecule has 4 aromatic rings. The molecule has 0 aliphatic carbocycles. The minimum absolute atomic E-state index is 0.0192. The van der Waals surface area contributed by atoms with E-state index in [2.05, 4.69) is 15.3 Å². The first-order valence-electron chi connectivity index (χ1n) is 11.8. The number of amides is 1. The summed E-state index contributed by atoms with van der Waals surface area (Å²) in [6.45, 7) is 2.96. The first kappa shape index (κ1) is 22.8. The molecule has 1 aliphatic rings. The van der Waals surface area contributed by atoms with Crippen molar-refractivity contribution in [2.24, 2.45) is 0 Å². The molecule has 2 aromatic heterocycles. The molecular formula is C26H28N6O3. The van der Waals surface area contributed by atoms with Gasteiger partial charge in [-0.05, 0) is 42.8 Å².